The zero-order chi connectivity index (χ0) is 13.8. The minimum absolute atomic E-state index is 0.0863. The summed E-state index contributed by atoms with van der Waals surface area (Å²) in [5.41, 5.74) is 1.00. The van der Waals surface area contributed by atoms with Crippen LogP contribution >= 0.6 is 11.8 Å². The molecule has 0 radical (unpaired) electrons. The van der Waals surface area contributed by atoms with Gasteiger partial charge in [-0.1, -0.05) is 25.1 Å². The van der Waals surface area contributed by atoms with Crippen LogP contribution in [0.25, 0.3) is 10.9 Å². The van der Waals surface area contributed by atoms with Crippen LogP contribution in [0.5, 0.6) is 0 Å². The summed E-state index contributed by atoms with van der Waals surface area (Å²) in [6.07, 6.45) is 0. The number of pyridine rings is 1. The van der Waals surface area contributed by atoms with Crippen molar-refractivity contribution < 1.29 is 15.0 Å². The van der Waals surface area contributed by atoms with E-state index in [9.17, 15) is 9.90 Å². The van der Waals surface area contributed by atoms with Crippen LogP contribution in [-0.4, -0.2) is 33.5 Å². The van der Waals surface area contributed by atoms with Gasteiger partial charge in [0.15, 0.2) is 0 Å². The van der Waals surface area contributed by atoms with Crippen molar-refractivity contribution in [3.8, 4) is 0 Å². The van der Waals surface area contributed by atoms with Crippen LogP contribution in [0.1, 0.15) is 17.3 Å². The second-order valence-electron chi connectivity index (χ2n) is 4.44. The van der Waals surface area contributed by atoms with Crippen molar-refractivity contribution in [2.45, 2.75) is 11.9 Å². The summed E-state index contributed by atoms with van der Waals surface area (Å²) < 4.78 is 0. The molecule has 0 saturated carbocycles. The fourth-order valence-corrected chi connectivity index (χ4v) is 2.65. The number of para-hydroxylation sites is 1. The van der Waals surface area contributed by atoms with E-state index in [1.807, 2.05) is 31.2 Å². The molecule has 2 rings (SSSR count). The van der Waals surface area contributed by atoms with Crippen LogP contribution in [0.3, 0.4) is 0 Å². The standard InChI is InChI=1S/C14H15NO3S/c1-9(7-16)8-19-13-11(14(17)18)6-10-4-2-3-5-12(10)15-13/h2-6,9,16H,7-8H2,1H3,(H,17,18). The highest BCUT2D eigenvalue weighted by atomic mass is 32.2. The van der Waals surface area contributed by atoms with E-state index in [-0.39, 0.29) is 18.1 Å². The molecule has 1 aromatic heterocycles. The molecule has 2 aromatic rings. The number of carboxylic acids is 1. The molecular formula is C14H15NO3S. The van der Waals surface area contributed by atoms with Gasteiger partial charge >= 0.3 is 5.97 Å². The molecule has 4 nitrogen and oxygen atoms in total. The first-order valence-corrected chi connectivity index (χ1v) is 6.97. The molecule has 1 unspecified atom stereocenters. The molecule has 2 N–H and O–H groups in total. The lowest BCUT2D eigenvalue weighted by atomic mass is 10.1. The van der Waals surface area contributed by atoms with Crippen molar-refractivity contribution in [2.75, 3.05) is 12.4 Å². The van der Waals surface area contributed by atoms with E-state index in [0.717, 1.165) is 10.9 Å². The summed E-state index contributed by atoms with van der Waals surface area (Å²) in [5.74, 6) is -0.223. The molecule has 0 aliphatic carbocycles. The van der Waals surface area contributed by atoms with Crippen LogP contribution in [0.15, 0.2) is 35.4 Å². The van der Waals surface area contributed by atoms with E-state index in [1.165, 1.54) is 11.8 Å². The molecule has 1 atom stereocenters. The molecule has 0 aliphatic rings. The summed E-state index contributed by atoms with van der Waals surface area (Å²) in [6.45, 7) is 2.00. The number of carboxylic acid groups (broad SMARTS) is 1. The minimum Gasteiger partial charge on any atom is -0.478 e. The van der Waals surface area contributed by atoms with Gasteiger partial charge in [0.2, 0.25) is 0 Å². The van der Waals surface area contributed by atoms with Gasteiger partial charge in [-0.2, -0.15) is 0 Å². The molecule has 0 bridgehead atoms. The number of rotatable bonds is 5. The molecule has 1 aromatic carbocycles. The molecule has 19 heavy (non-hydrogen) atoms. The van der Waals surface area contributed by atoms with Crippen LogP contribution < -0.4 is 0 Å². The van der Waals surface area contributed by atoms with Crippen molar-refractivity contribution in [3.05, 3.63) is 35.9 Å². The lowest BCUT2D eigenvalue weighted by Crippen LogP contribution is -2.06. The average Bonchev–Trinajstić information content (AvgIpc) is 2.43. The third-order valence-corrected chi connectivity index (χ3v) is 4.06. The van der Waals surface area contributed by atoms with Crippen molar-refractivity contribution in [3.63, 3.8) is 0 Å². The highest BCUT2D eigenvalue weighted by Gasteiger charge is 2.14. The first-order valence-electron chi connectivity index (χ1n) is 5.98. The number of aromatic carboxylic acids is 1. The normalized spacial score (nSPS) is 12.5. The van der Waals surface area contributed by atoms with E-state index in [0.29, 0.717) is 10.8 Å². The van der Waals surface area contributed by atoms with Crippen LogP contribution in [0.2, 0.25) is 0 Å². The Morgan fingerprint density at radius 2 is 2.16 bits per heavy atom. The van der Waals surface area contributed by atoms with E-state index in [4.69, 9.17) is 5.11 Å². The van der Waals surface area contributed by atoms with Gasteiger partial charge in [-0.05, 0) is 18.1 Å². The molecule has 0 saturated heterocycles. The Labute approximate surface area is 115 Å². The number of aromatic nitrogens is 1. The minimum atomic E-state index is -0.975. The van der Waals surface area contributed by atoms with E-state index in [1.54, 1.807) is 6.07 Å². The maximum absolute atomic E-state index is 11.3. The van der Waals surface area contributed by atoms with Gasteiger partial charge in [0.1, 0.15) is 5.03 Å². The van der Waals surface area contributed by atoms with Crippen molar-refractivity contribution in [1.82, 2.24) is 4.98 Å². The Bertz CT molecular complexity index is 600. The zero-order valence-electron chi connectivity index (χ0n) is 10.5. The number of nitrogens with zero attached hydrogens (tertiary/aromatic N) is 1. The molecule has 0 aliphatic heterocycles. The summed E-state index contributed by atoms with van der Waals surface area (Å²) in [4.78, 5) is 15.7. The smallest absolute Gasteiger partial charge is 0.338 e. The second kappa shape index (κ2) is 6.04. The molecule has 0 amide bonds. The summed E-state index contributed by atoms with van der Waals surface area (Å²) >= 11 is 1.37. The number of carbonyl (C=O) groups is 1. The topological polar surface area (TPSA) is 70.4 Å². The monoisotopic (exact) mass is 277 g/mol. The summed E-state index contributed by atoms with van der Waals surface area (Å²) in [6, 6.07) is 9.09. The van der Waals surface area contributed by atoms with Gasteiger partial charge in [-0.15, -0.1) is 11.8 Å². The molecule has 100 valence electrons. The lowest BCUT2D eigenvalue weighted by Gasteiger charge is -2.10. The Balaban J connectivity index is 2.39. The summed E-state index contributed by atoms with van der Waals surface area (Å²) in [7, 11) is 0. The fraction of sp³-hybridized carbons (Fsp3) is 0.286. The van der Waals surface area contributed by atoms with E-state index in [2.05, 4.69) is 4.98 Å². The van der Waals surface area contributed by atoms with Gasteiger partial charge in [0.05, 0.1) is 11.1 Å². The van der Waals surface area contributed by atoms with Gasteiger partial charge in [0, 0.05) is 17.7 Å². The SMILES string of the molecule is CC(CO)CSc1nc2ccccc2cc1C(=O)O. The second-order valence-corrected chi connectivity index (χ2v) is 5.45. The van der Waals surface area contributed by atoms with Crippen LogP contribution in [0.4, 0.5) is 0 Å². The third-order valence-electron chi connectivity index (χ3n) is 2.74. The number of aliphatic hydroxyl groups is 1. The largest absolute Gasteiger partial charge is 0.478 e. The zero-order valence-corrected chi connectivity index (χ0v) is 11.4. The number of benzene rings is 1. The van der Waals surface area contributed by atoms with Gasteiger partial charge in [0.25, 0.3) is 0 Å². The van der Waals surface area contributed by atoms with Crippen molar-refractivity contribution in [2.24, 2.45) is 5.92 Å². The number of fused-ring (bicyclic) bond motifs is 1. The number of thioether (sulfide) groups is 1. The van der Waals surface area contributed by atoms with E-state index >= 15 is 0 Å². The highest BCUT2D eigenvalue weighted by molar-refractivity contribution is 7.99. The molecule has 0 spiro atoms. The molecule has 1 heterocycles. The number of hydrogen-bond acceptors (Lipinski definition) is 4. The van der Waals surface area contributed by atoms with Crippen LogP contribution in [-0.2, 0) is 0 Å². The molecule has 0 fully saturated rings. The fourth-order valence-electron chi connectivity index (χ4n) is 1.64. The quantitative estimate of drug-likeness (QED) is 0.822. The number of hydrogen-bond donors (Lipinski definition) is 2. The highest BCUT2D eigenvalue weighted by Crippen LogP contribution is 2.26. The van der Waals surface area contributed by atoms with E-state index < -0.39 is 5.97 Å². The lowest BCUT2D eigenvalue weighted by molar-refractivity contribution is 0.0692. The maximum Gasteiger partial charge on any atom is 0.338 e. The predicted molar refractivity (Wildman–Crippen MR) is 75.7 cm³/mol. The maximum atomic E-state index is 11.3. The van der Waals surface area contributed by atoms with Crippen LogP contribution in [0, 0.1) is 5.92 Å². The van der Waals surface area contributed by atoms with Crippen molar-refractivity contribution in [1.29, 1.82) is 0 Å². The average molecular weight is 277 g/mol. The van der Waals surface area contributed by atoms with Gasteiger partial charge < -0.3 is 10.2 Å². The molecular weight excluding hydrogens is 262 g/mol. The van der Waals surface area contributed by atoms with Crippen molar-refractivity contribution >= 4 is 28.6 Å². The summed E-state index contributed by atoms with van der Waals surface area (Å²) in [5, 5.41) is 19.6. The van der Waals surface area contributed by atoms with Gasteiger partial charge in [-0.25, -0.2) is 9.78 Å². The Morgan fingerprint density at radius 1 is 1.42 bits per heavy atom. The predicted octanol–water partition coefficient (Wildman–Crippen LogP) is 2.65. The molecule has 5 heteroatoms. The first kappa shape index (κ1) is 13.8. The third kappa shape index (κ3) is 3.24. The van der Waals surface area contributed by atoms with Gasteiger partial charge in [-0.3, -0.25) is 0 Å². The Hall–Kier alpha value is -1.59. The first-order chi connectivity index (χ1) is 9.11. The number of aliphatic hydroxyl groups excluding tert-OH is 1. The Morgan fingerprint density at radius 3 is 2.84 bits per heavy atom. The Kier molecular flexibility index (Phi) is 4.39.